The lowest BCUT2D eigenvalue weighted by Crippen LogP contribution is -2.21. The Morgan fingerprint density at radius 1 is 1.19 bits per heavy atom. The molecule has 3 nitrogen and oxygen atoms in total. The number of nitrogens with one attached hydrogen (secondary N) is 1. The van der Waals surface area contributed by atoms with Crippen molar-refractivity contribution in [2.24, 2.45) is 5.92 Å². The second-order valence-electron chi connectivity index (χ2n) is 4.63. The third-order valence-electron chi connectivity index (χ3n) is 3.21. The number of aromatic hydroxyl groups is 1. The van der Waals surface area contributed by atoms with Gasteiger partial charge in [0.2, 0.25) is 0 Å². The maximum atomic E-state index is 9.39. The number of aliphatic hydroxyl groups excluding tert-OH is 1. The van der Waals surface area contributed by atoms with Crippen LogP contribution in [-0.2, 0) is 6.54 Å². The van der Waals surface area contributed by atoms with Crippen molar-refractivity contribution in [2.45, 2.75) is 31.9 Å². The van der Waals surface area contributed by atoms with Crippen molar-refractivity contribution in [3.63, 3.8) is 0 Å². The van der Waals surface area contributed by atoms with Gasteiger partial charge in [-0.25, -0.2) is 0 Å². The van der Waals surface area contributed by atoms with Gasteiger partial charge < -0.3 is 15.5 Å². The first-order valence-electron chi connectivity index (χ1n) is 5.91. The smallest absolute Gasteiger partial charge is 0.115 e. The molecule has 1 aromatic rings. The third-order valence-corrected chi connectivity index (χ3v) is 3.21. The molecule has 3 heteroatoms. The summed E-state index contributed by atoms with van der Waals surface area (Å²) >= 11 is 0. The second kappa shape index (κ2) is 5.32. The van der Waals surface area contributed by atoms with Crippen molar-refractivity contribution >= 4 is 0 Å². The van der Waals surface area contributed by atoms with Gasteiger partial charge in [-0.1, -0.05) is 12.1 Å². The fourth-order valence-corrected chi connectivity index (χ4v) is 2.27. The summed E-state index contributed by atoms with van der Waals surface area (Å²) in [5, 5.41) is 21.9. The molecule has 2 atom stereocenters. The molecule has 2 rings (SSSR count). The van der Waals surface area contributed by atoms with Crippen LogP contribution in [-0.4, -0.2) is 22.9 Å². The van der Waals surface area contributed by atoms with Crippen molar-refractivity contribution in [1.82, 2.24) is 5.32 Å². The molecule has 3 N–H and O–H groups in total. The summed E-state index contributed by atoms with van der Waals surface area (Å²) in [6.07, 6.45) is 2.93. The predicted octanol–water partition coefficient (Wildman–Crippen LogP) is 1.64. The van der Waals surface area contributed by atoms with Crippen LogP contribution in [0.15, 0.2) is 24.3 Å². The van der Waals surface area contributed by atoms with Crippen molar-refractivity contribution < 1.29 is 10.2 Å². The van der Waals surface area contributed by atoms with Gasteiger partial charge in [-0.15, -0.1) is 0 Å². The lowest BCUT2D eigenvalue weighted by atomic mass is 10.1. The van der Waals surface area contributed by atoms with Crippen LogP contribution in [0.25, 0.3) is 0 Å². The van der Waals surface area contributed by atoms with Crippen LogP contribution in [0.2, 0.25) is 0 Å². The first-order chi connectivity index (χ1) is 7.74. The molecule has 1 aromatic carbocycles. The third kappa shape index (κ3) is 3.22. The zero-order chi connectivity index (χ0) is 11.4. The highest BCUT2D eigenvalue weighted by atomic mass is 16.3. The fourth-order valence-electron chi connectivity index (χ4n) is 2.27. The van der Waals surface area contributed by atoms with E-state index in [1.165, 1.54) is 5.56 Å². The van der Waals surface area contributed by atoms with E-state index < -0.39 is 0 Å². The maximum absolute atomic E-state index is 9.39. The van der Waals surface area contributed by atoms with Crippen LogP contribution in [0.3, 0.4) is 0 Å². The Hall–Kier alpha value is -1.06. The van der Waals surface area contributed by atoms with Gasteiger partial charge in [-0.2, -0.15) is 0 Å². The van der Waals surface area contributed by atoms with Crippen LogP contribution in [0.4, 0.5) is 0 Å². The summed E-state index contributed by atoms with van der Waals surface area (Å²) in [6, 6.07) is 7.25. The molecule has 0 spiro atoms. The topological polar surface area (TPSA) is 52.5 Å². The van der Waals surface area contributed by atoms with E-state index in [1.54, 1.807) is 12.1 Å². The van der Waals surface area contributed by atoms with Gasteiger partial charge in [0.1, 0.15) is 5.75 Å². The molecule has 0 radical (unpaired) electrons. The van der Waals surface area contributed by atoms with Crippen molar-refractivity contribution in [3.8, 4) is 5.75 Å². The zero-order valence-corrected chi connectivity index (χ0v) is 9.39. The summed E-state index contributed by atoms with van der Waals surface area (Å²) in [4.78, 5) is 0. The van der Waals surface area contributed by atoms with Crippen molar-refractivity contribution in [1.29, 1.82) is 0 Å². The van der Waals surface area contributed by atoms with Crippen LogP contribution in [0.5, 0.6) is 5.75 Å². The van der Waals surface area contributed by atoms with E-state index in [0.29, 0.717) is 11.7 Å². The molecule has 1 aliphatic rings. The van der Waals surface area contributed by atoms with Gasteiger partial charge >= 0.3 is 0 Å². The van der Waals surface area contributed by atoms with Gasteiger partial charge in [0.05, 0.1) is 6.10 Å². The van der Waals surface area contributed by atoms with Gasteiger partial charge in [0.15, 0.2) is 0 Å². The zero-order valence-electron chi connectivity index (χ0n) is 9.39. The molecule has 1 fully saturated rings. The van der Waals surface area contributed by atoms with E-state index in [1.807, 2.05) is 12.1 Å². The summed E-state index contributed by atoms with van der Waals surface area (Å²) in [7, 11) is 0. The van der Waals surface area contributed by atoms with Gasteiger partial charge in [0.25, 0.3) is 0 Å². The van der Waals surface area contributed by atoms with E-state index in [-0.39, 0.29) is 6.10 Å². The highest BCUT2D eigenvalue weighted by Crippen LogP contribution is 2.24. The second-order valence-corrected chi connectivity index (χ2v) is 4.63. The summed E-state index contributed by atoms with van der Waals surface area (Å²) < 4.78 is 0. The minimum absolute atomic E-state index is 0.0829. The number of phenols is 1. The molecule has 0 aromatic heterocycles. The lowest BCUT2D eigenvalue weighted by Gasteiger charge is -2.10. The highest BCUT2D eigenvalue weighted by molar-refractivity contribution is 5.25. The minimum atomic E-state index is -0.0829. The number of rotatable bonds is 4. The van der Waals surface area contributed by atoms with Crippen molar-refractivity contribution in [2.75, 3.05) is 6.54 Å². The molecule has 1 aliphatic carbocycles. The Balaban J connectivity index is 1.70. The first-order valence-corrected chi connectivity index (χ1v) is 5.91. The van der Waals surface area contributed by atoms with E-state index in [2.05, 4.69) is 5.32 Å². The molecule has 1 saturated carbocycles. The van der Waals surface area contributed by atoms with E-state index in [4.69, 9.17) is 5.11 Å². The standard InChI is InChI=1S/C13H19NO2/c15-12-4-1-10(2-5-12)8-14-9-11-3-6-13(16)7-11/h1-2,4-5,11,13-16H,3,6-9H2. The normalized spacial score (nSPS) is 24.8. The average Bonchev–Trinajstić information content (AvgIpc) is 2.67. The van der Waals surface area contributed by atoms with Crippen LogP contribution < -0.4 is 5.32 Å². The monoisotopic (exact) mass is 221 g/mol. The Morgan fingerprint density at radius 2 is 1.94 bits per heavy atom. The molecule has 2 unspecified atom stereocenters. The molecule has 88 valence electrons. The quantitative estimate of drug-likeness (QED) is 0.724. The summed E-state index contributed by atoms with van der Waals surface area (Å²) in [6.45, 7) is 1.80. The first kappa shape index (κ1) is 11.4. The number of benzene rings is 1. The summed E-state index contributed by atoms with van der Waals surface area (Å²) in [5.41, 5.74) is 1.18. The highest BCUT2D eigenvalue weighted by Gasteiger charge is 2.21. The Kier molecular flexibility index (Phi) is 3.80. The Labute approximate surface area is 96.1 Å². The van der Waals surface area contributed by atoms with Gasteiger partial charge in [-0.3, -0.25) is 0 Å². The predicted molar refractivity (Wildman–Crippen MR) is 63.2 cm³/mol. The van der Waals surface area contributed by atoms with Crippen LogP contribution in [0.1, 0.15) is 24.8 Å². The lowest BCUT2D eigenvalue weighted by molar-refractivity contribution is 0.177. The van der Waals surface area contributed by atoms with Crippen LogP contribution >= 0.6 is 0 Å². The Morgan fingerprint density at radius 3 is 2.56 bits per heavy atom. The van der Waals surface area contributed by atoms with Gasteiger partial charge in [-0.05, 0) is 49.4 Å². The molecule has 0 saturated heterocycles. The largest absolute Gasteiger partial charge is 0.508 e. The molecular formula is C13H19NO2. The average molecular weight is 221 g/mol. The number of hydrogen-bond donors (Lipinski definition) is 3. The number of phenolic OH excluding ortho intramolecular Hbond substituents is 1. The molecule has 0 aliphatic heterocycles. The van der Waals surface area contributed by atoms with E-state index in [9.17, 15) is 5.11 Å². The van der Waals surface area contributed by atoms with Crippen LogP contribution in [0, 0.1) is 5.92 Å². The summed E-state index contributed by atoms with van der Waals surface area (Å²) in [5.74, 6) is 0.926. The molecule has 16 heavy (non-hydrogen) atoms. The Bertz CT molecular complexity index is 323. The van der Waals surface area contributed by atoms with E-state index >= 15 is 0 Å². The SMILES string of the molecule is Oc1ccc(CNCC2CCC(O)C2)cc1. The molecular weight excluding hydrogens is 202 g/mol. The molecule has 0 bridgehead atoms. The maximum Gasteiger partial charge on any atom is 0.115 e. The number of hydrogen-bond acceptors (Lipinski definition) is 3. The minimum Gasteiger partial charge on any atom is -0.508 e. The van der Waals surface area contributed by atoms with E-state index in [0.717, 1.165) is 32.4 Å². The number of aliphatic hydroxyl groups is 1. The molecule has 0 amide bonds. The fraction of sp³-hybridized carbons (Fsp3) is 0.538. The van der Waals surface area contributed by atoms with Crippen molar-refractivity contribution in [3.05, 3.63) is 29.8 Å². The molecule has 0 heterocycles. The van der Waals surface area contributed by atoms with Gasteiger partial charge in [0, 0.05) is 6.54 Å².